The third-order valence-corrected chi connectivity index (χ3v) is 1.82. The number of methoxy groups -OCH3 is 1. The van der Waals surface area contributed by atoms with Gasteiger partial charge in [0.05, 0.1) is 5.69 Å². The Morgan fingerprint density at radius 2 is 2.60 bits per heavy atom. The molecule has 0 spiro atoms. The second-order valence-electron chi connectivity index (χ2n) is 2.36. The average Bonchev–Trinajstić information content (AvgIpc) is 1.92. The molecule has 1 heterocycles. The summed E-state index contributed by atoms with van der Waals surface area (Å²) >= 11 is 0. The lowest BCUT2D eigenvalue weighted by molar-refractivity contribution is 0.0795. The molecule has 3 heteroatoms. The molecule has 1 unspecified atom stereocenters. The lowest BCUT2D eigenvalue weighted by Gasteiger charge is -2.25. The molecule has 0 fully saturated rings. The summed E-state index contributed by atoms with van der Waals surface area (Å²) in [6, 6.07) is 0. The van der Waals surface area contributed by atoms with Gasteiger partial charge in [-0.1, -0.05) is 0 Å². The van der Waals surface area contributed by atoms with E-state index >= 15 is 0 Å². The van der Waals surface area contributed by atoms with Crippen molar-refractivity contribution in [2.75, 3.05) is 7.11 Å². The molecule has 0 N–H and O–H groups in total. The van der Waals surface area contributed by atoms with E-state index in [9.17, 15) is 0 Å². The van der Waals surface area contributed by atoms with E-state index in [1.807, 2.05) is 6.20 Å². The fraction of sp³-hybridized carbons (Fsp3) is 0.429. The highest BCUT2D eigenvalue weighted by Gasteiger charge is 2.26. The van der Waals surface area contributed by atoms with Gasteiger partial charge < -0.3 is 4.74 Å². The molecule has 0 amide bonds. The minimum absolute atomic E-state index is 0.220. The van der Waals surface area contributed by atoms with Crippen molar-refractivity contribution in [1.29, 1.82) is 0 Å². The van der Waals surface area contributed by atoms with Gasteiger partial charge in [0.1, 0.15) is 12.4 Å². The molecular formula is C7H8N2O. The van der Waals surface area contributed by atoms with Crippen molar-refractivity contribution in [3.63, 3.8) is 0 Å². The lowest BCUT2D eigenvalue weighted by atomic mass is 9.92. The van der Waals surface area contributed by atoms with Crippen LogP contribution in [0.3, 0.4) is 0 Å². The number of fused-ring (bicyclic) bond motifs is 1. The van der Waals surface area contributed by atoms with Crippen LogP contribution >= 0.6 is 0 Å². The zero-order valence-electron chi connectivity index (χ0n) is 5.74. The maximum Gasteiger partial charge on any atom is 0.115 e. The van der Waals surface area contributed by atoms with Crippen LogP contribution in [0.2, 0.25) is 0 Å². The zero-order valence-corrected chi connectivity index (χ0v) is 5.74. The smallest absolute Gasteiger partial charge is 0.115 e. The largest absolute Gasteiger partial charge is 0.375 e. The first kappa shape index (κ1) is 5.80. The molecule has 10 heavy (non-hydrogen) atoms. The number of rotatable bonds is 1. The van der Waals surface area contributed by atoms with Crippen LogP contribution in [0.5, 0.6) is 0 Å². The Morgan fingerprint density at radius 3 is 3.30 bits per heavy atom. The number of hydrogen-bond donors (Lipinski definition) is 0. The standard InChI is InChI=1S/C7H8N2O/c1-10-6-2-5-3-8-4-9-7(5)6/h3-4,6H,2H2,1H3. The predicted molar refractivity (Wildman–Crippen MR) is 35.5 cm³/mol. The molecule has 1 atom stereocenters. The number of nitrogens with zero attached hydrogens (tertiary/aromatic N) is 2. The average molecular weight is 136 g/mol. The molecular weight excluding hydrogens is 128 g/mol. The normalized spacial score (nSPS) is 21.5. The number of aromatic nitrogens is 2. The lowest BCUT2D eigenvalue weighted by Crippen LogP contribution is -2.20. The minimum atomic E-state index is 0.220. The third-order valence-electron chi connectivity index (χ3n) is 1.82. The summed E-state index contributed by atoms with van der Waals surface area (Å²) in [5.74, 6) is 0. The van der Waals surface area contributed by atoms with E-state index in [1.165, 1.54) is 5.56 Å². The molecule has 52 valence electrons. The fourth-order valence-electron chi connectivity index (χ4n) is 1.18. The molecule has 1 aromatic rings. The van der Waals surface area contributed by atoms with Crippen LogP contribution in [0.15, 0.2) is 12.5 Å². The minimum Gasteiger partial charge on any atom is -0.375 e. The summed E-state index contributed by atoms with van der Waals surface area (Å²) < 4.78 is 5.12. The molecule has 3 nitrogen and oxygen atoms in total. The van der Waals surface area contributed by atoms with E-state index in [0.29, 0.717) is 0 Å². The van der Waals surface area contributed by atoms with Gasteiger partial charge in [-0.25, -0.2) is 9.97 Å². The first-order chi connectivity index (χ1) is 4.92. The van der Waals surface area contributed by atoms with Gasteiger partial charge in [0.2, 0.25) is 0 Å². The van der Waals surface area contributed by atoms with Gasteiger partial charge in [-0.15, -0.1) is 0 Å². The molecule has 0 aliphatic heterocycles. The summed E-state index contributed by atoms with van der Waals surface area (Å²) in [6.45, 7) is 0. The Balaban J connectivity index is 2.34. The Hall–Kier alpha value is -0.960. The molecule has 2 rings (SSSR count). The van der Waals surface area contributed by atoms with E-state index < -0.39 is 0 Å². The quantitative estimate of drug-likeness (QED) is 0.570. The molecule has 0 bridgehead atoms. The number of hydrogen-bond acceptors (Lipinski definition) is 3. The SMILES string of the molecule is COC1Cc2cncnc21. The van der Waals surface area contributed by atoms with Crippen LogP contribution in [-0.4, -0.2) is 17.1 Å². The molecule has 1 aliphatic rings. The predicted octanol–water partition coefficient (Wildman–Crippen LogP) is 0.720. The number of ether oxygens (including phenoxy) is 1. The molecule has 0 aromatic carbocycles. The van der Waals surface area contributed by atoms with Crippen molar-refractivity contribution in [1.82, 2.24) is 9.97 Å². The Bertz CT molecular complexity index is 249. The second kappa shape index (κ2) is 2.02. The maximum absolute atomic E-state index is 5.12. The maximum atomic E-state index is 5.12. The first-order valence-electron chi connectivity index (χ1n) is 3.23. The van der Waals surface area contributed by atoms with Crippen molar-refractivity contribution < 1.29 is 4.74 Å². The van der Waals surface area contributed by atoms with Gasteiger partial charge in [0.15, 0.2) is 0 Å². The molecule has 0 saturated heterocycles. The highest BCUT2D eigenvalue weighted by molar-refractivity contribution is 5.29. The molecule has 0 radical (unpaired) electrons. The van der Waals surface area contributed by atoms with E-state index in [1.54, 1.807) is 13.4 Å². The van der Waals surface area contributed by atoms with Crippen molar-refractivity contribution >= 4 is 0 Å². The summed E-state index contributed by atoms with van der Waals surface area (Å²) in [5.41, 5.74) is 2.27. The monoisotopic (exact) mass is 136 g/mol. The van der Waals surface area contributed by atoms with Gasteiger partial charge in [-0.05, 0) is 5.56 Å². The van der Waals surface area contributed by atoms with Crippen LogP contribution in [0, 0.1) is 0 Å². The fourth-order valence-corrected chi connectivity index (χ4v) is 1.18. The van der Waals surface area contributed by atoms with Gasteiger partial charge in [-0.2, -0.15) is 0 Å². The van der Waals surface area contributed by atoms with Crippen LogP contribution in [0.1, 0.15) is 17.4 Å². The van der Waals surface area contributed by atoms with Crippen LogP contribution in [0.25, 0.3) is 0 Å². The summed E-state index contributed by atoms with van der Waals surface area (Å²) in [6.07, 6.45) is 4.59. The summed E-state index contributed by atoms with van der Waals surface area (Å²) in [5, 5.41) is 0. The third kappa shape index (κ3) is 0.640. The second-order valence-corrected chi connectivity index (χ2v) is 2.36. The Kier molecular flexibility index (Phi) is 1.17. The Labute approximate surface area is 59.1 Å². The van der Waals surface area contributed by atoms with Gasteiger partial charge in [-0.3, -0.25) is 0 Å². The van der Waals surface area contributed by atoms with E-state index in [4.69, 9.17) is 4.74 Å². The summed E-state index contributed by atoms with van der Waals surface area (Å²) in [4.78, 5) is 7.98. The van der Waals surface area contributed by atoms with Crippen molar-refractivity contribution in [2.45, 2.75) is 12.5 Å². The van der Waals surface area contributed by atoms with Gasteiger partial charge in [0, 0.05) is 19.7 Å². The highest BCUT2D eigenvalue weighted by Crippen LogP contribution is 2.32. The highest BCUT2D eigenvalue weighted by atomic mass is 16.5. The van der Waals surface area contributed by atoms with Crippen LogP contribution < -0.4 is 0 Å². The zero-order chi connectivity index (χ0) is 6.97. The van der Waals surface area contributed by atoms with Gasteiger partial charge in [0.25, 0.3) is 0 Å². The van der Waals surface area contributed by atoms with Gasteiger partial charge >= 0.3 is 0 Å². The van der Waals surface area contributed by atoms with E-state index in [-0.39, 0.29) is 6.10 Å². The first-order valence-corrected chi connectivity index (χ1v) is 3.23. The van der Waals surface area contributed by atoms with E-state index in [0.717, 1.165) is 12.1 Å². The molecule has 1 aromatic heterocycles. The summed E-state index contributed by atoms with van der Waals surface area (Å²) in [7, 11) is 1.70. The van der Waals surface area contributed by atoms with Crippen molar-refractivity contribution in [3.8, 4) is 0 Å². The molecule has 1 aliphatic carbocycles. The van der Waals surface area contributed by atoms with Crippen molar-refractivity contribution in [3.05, 3.63) is 23.8 Å². The Morgan fingerprint density at radius 1 is 1.70 bits per heavy atom. The van der Waals surface area contributed by atoms with Crippen LogP contribution in [-0.2, 0) is 11.2 Å². The molecule has 0 saturated carbocycles. The topological polar surface area (TPSA) is 35.0 Å². The van der Waals surface area contributed by atoms with Crippen molar-refractivity contribution in [2.24, 2.45) is 0 Å². The van der Waals surface area contributed by atoms with E-state index in [2.05, 4.69) is 9.97 Å². The van der Waals surface area contributed by atoms with Crippen LogP contribution in [0.4, 0.5) is 0 Å².